The Morgan fingerprint density at radius 3 is 2.19 bits per heavy atom. The van der Waals surface area contributed by atoms with Gasteiger partial charge in [-0.1, -0.05) is 24.3 Å². The number of halogens is 3. The molecule has 0 saturated heterocycles. The van der Waals surface area contributed by atoms with Crippen molar-refractivity contribution in [3.05, 3.63) is 60.0 Å². The number of benzene rings is 1. The van der Waals surface area contributed by atoms with Crippen molar-refractivity contribution >= 4 is 5.97 Å². The van der Waals surface area contributed by atoms with Crippen molar-refractivity contribution in [3.63, 3.8) is 0 Å². The van der Waals surface area contributed by atoms with Crippen LogP contribution in [-0.2, 0) is 11.0 Å². The van der Waals surface area contributed by atoms with Gasteiger partial charge in [-0.05, 0) is 55.2 Å². The number of hydrogen-bond acceptors (Lipinski definition) is 3. The largest absolute Gasteiger partial charge is 0.481 e. The van der Waals surface area contributed by atoms with Crippen LogP contribution in [0.5, 0.6) is 0 Å². The maximum Gasteiger partial charge on any atom is 0.432 e. The van der Waals surface area contributed by atoms with Crippen LogP contribution in [0.3, 0.4) is 0 Å². The van der Waals surface area contributed by atoms with Crippen LogP contribution in [0, 0.1) is 5.92 Å². The van der Waals surface area contributed by atoms with E-state index in [1.807, 2.05) is 12.1 Å². The maximum atomic E-state index is 12.7. The number of aromatic amines is 1. The number of nitrogens with zero attached hydrogens (tertiary/aromatic N) is 2. The molecule has 2 heterocycles. The lowest BCUT2D eigenvalue weighted by Crippen LogP contribution is -2.16. The molecule has 1 saturated carbocycles. The molecule has 0 aliphatic heterocycles. The molecule has 3 aromatic rings. The summed E-state index contributed by atoms with van der Waals surface area (Å²) < 4.78 is 38.2. The van der Waals surface area contributed by atoms with E-state index in [0.29, 0.717) is 11.5 Å². The number of imidazole rings is 1. The second kappa shape index (κ2) is 8.53. The van der Waals surface area contributed by atoms with Crippen LogP contribution in [0.4, 0.5) is 13.2 Å². The third-order valence-corrected chi connectivity index (χ3v) is 5.91. The van der Waals surface area contributed by atoms with Crippen molar-refractivity contribution in [2.45, 2.75) is 44.2 Å². The zero-order valence-electron chi connectivity index (χ0n) is 16.7. The van der Waals surface area contributed by atoms with E-state index in [1.165, 1.54) is 11.8 Å². The molecule has 162 valence electrons. The quantitative estimate of drug-likeness (QED) is 0.529. The first kappa shape index (κ1) is 21.1. The Bertz CT molecular complexity index is 1040. The van der Waals surface area contributed by atoms with E-state index in [1.54, 1.807) is 12.1 Å². The lowest BCUT2D eigenvalue weighted by molar-refractivity contribution is -0.141. The fourth-order valence-corrected chi connectivity index (χ4v) is 4.19. The predicted octanol–water partition coefficient (Wildman–Crippen LogP) is 5.91. The Morgan fingerprint density at radius 2 is 1.65 bits per heavy atom. The molecule has 0 unspecified atom stereocenters. The summed E-state index contributed by atoms with van der Waals surface area (Å²) in [5.41, 5.74) is 2.48. The minimum atomic E-state index is -4.46. The van der Waals surface area contributed by atoms with Crippen molar-refractivity contribution in [2.75, 3.05) is 0 Å². The molecule has 0 amide bonds. The fraction of sp³-hybridized carbons (Fsp3) is 0.348. The smallest absolute Gasteiger partial charge is 0.432 e. The number of aliphatic carboxylic acids is 1. The molecule has 0 radical (unpaired) electrons. The summed E-state index contributed by atoms with van der Waals surface area (Å²) in [5.74, 6) is 0.118. The van der Waals surface area contributed by atoms with Crippen molar-refractivity contribution in [3.8, 4) is 22.6 Å². The average Bonchev–Trinajstić information content (AvgIpc) is 3.25. The Labute approximate surface area is 177 Å². The highest BCUT2D eigenvalue weighted by atomic mass is 19.4. The van der Waals surface area contributed by atoms with Crippen molar-refractivity contribution in [1.82, 2.24) is 15.0 Å². The first-order chi connectivity index (χ1) is 14.8. The third-order valence-electron chi connectivity index (χ3n) is 5.91. The van der Waals surface area contributed by atoms with Gasteiger partial charge in [0.2, 0.25) is 0 Å². The summed E-state index contributed by atoms with van der Waals surface area (Å²) in [6, 6.07) is 11.6. The van der Waals surface area contributed by atoms with Gasteiger partial charge in [-0.15, -0.1) is 0 Å². The van der Waals surface area contributed by atoms with Crippen molar-refractivity contribution in [2.24, 2.45) is 5.92 Å². The second-order valence-electron chi connectivity index (χ2n) is 8.01. The highest BCUT2D eigenvalue weighted by Crippen LogP contribution is 2.37. The van der Waals surface area contributed by atoms with Gasteiger partial charge in [-0.3, -0.25) is 9.78 Å². The van der Waals surface area contributed by atoms with E-state index in [0.717, 1.165) is 43.1 Å². The lowest BCUT2D eigenvalue weighted by atomic mass is 9.77. The minimum Gasteiger partial charge on any atom is -0.481 e. The van der Waals surface area contributed by atoms with Gasteiger partial charge < -0.3 is 10.1 Å². The number of aromatic nitrogens is 3. The van der Waals surface area contributed by atoms with Gasteiger partial charge in [0.1, 0.15) is 11.5 Å². The SMILES string of the molecule is O=C(O)C[C@H]1CC[C@H](c2ccc(-c3ccc(-c4ncc(C(F)(F)F)[nH]4)cn3)cc2)CC1. The topological polar surface area (TPSA) is 78.9 Å². The summed E-state index contributed by atoms with van der Waals surface area (Å²) in [4.78, 5) is 21.3. The normalized spacial score (nSPS) is 19.3. The van der Waals surface area contributed by atoms with Crippen LogP contribution >= 0.6 is 0 Å². The first-order valence-electron chi connectivity index (χ1n) is 10.2. The second-order valence-corrected chi connectivity index (χ2v) is 8.01. The summed E-state index contributed by atoms with van der Waals surface area (Å²) in [5, 5.41) is 8.95. The summed E-state index contributed by atoms with van der Waals surface area (Å²) in [6.07, 6.45) is 1.93. The molecule has 8 heteroatoms. The van der Waals surface area contributed by atoms with Crippen LogP contribution in [0.25, 0.3) is 22.6 Å². The predicted molar refractivity (Wildman–Crippen MR) is 109 cm³/mol. The van der Waals surface area contributed by atoms with Crippen molar-refractivity contribution in [1.29, 1.82) is 0 Å². The monoisotopic (exact) mass is 429 g/mol. The number of hydrogen-bond donors (Lipinski definition) is 2. The summed E-state index contributed by atoms with van der Waals surface area (Å²) in [6.45, 7) is 0. The molecule has 4 rings (SSSR count). The van der Waals surface area contributed by atoms with E-state index < -0.39 is 17.8 Å². The highest BCUT2D eigenvalue weighted by Gasteiger charge is 2.33. The Morgan fingerprint density at radius 1 is 0.968 bits per heavy atom. The highest BCUT2D eigenvalue weighted by molar-refractivity contribution is 5.67. The Hall–Kier alpha value is -3.16. The van der Waals surface area contributed by atoms with E-state index in [-0.39, 0.29) is 18.2 Å². The number of alkyl halides is 3. The number of carboxylic acids is 1. The zero-order chi connectivity index (χ0) is 22.0. The standard InChI is InChI=1S/C23H22F3N3O2/c24-23(25,26)20-13-28-22(29-20)18-9-10-19(27-12-18)17-7-5-16(6-8-17)15-3-1-14(2-4-15)11-21(30)31/h5-10,12-15H,1-4,11H2,(H,28,29)(H,30,31)/t14-,15-. The van der Waals surface area contributed by atoms with Gasteiger partial charge in [0.25, 0.3) is 0 Å². The molecule has 0 spiro atoms. The molecule has 0 bridgehead atoms. The van der Waals surface area contributed by atoms with Gasteiger partial charge in [-0.2, -0.15) is 13.2 Å². The number of pyridine rings is 1. The molecular weight excluding hydrogens is 407 g/mol. The van der Waals surface area contributed by atoms with E-state index in [4.69, 9.17) is 5.11 Å². The number of H-pyrrole nitrogens is 1. The van der Waals surface area contributed by atoms with Gasteiger partial charge in [0.15, 0.2) is 0 Å². The molecule has 1 aliphatic rings. The summed E-state index contributed by atoms with van der Waals surface area (Å²) in [7, 11) is 0. The zero-order valence-corrected chi connectivity index (χ0v) is 16.7. The number of nitrogens with one attached hydrogen (secondary N) is 1. The molecule has 1 fully saturated rings. The van der Waals surface area contributed by atoms with Gasteiger partial charge >= 0.3 is 12.1 Å². The van der Waals surface area contributed by atoms with Gasteiger partial charge in [-0.25, -0.2) is 4.98 Å². The Kier molecular flexibility index (Phi) is 5.80. The number of rotatable bonds is 5. The van der Waals surface area contributed by atoms with Gasteiger partial charge in [0, 0.05) is 23.7 Å². The lowest BCUT2D eigenvalue weighted by Gasteiger charge is -2.28. The Balaban J connectivity index is 1.41. The molecule has 5 nitrogen and oxygen atoms in total. The van der Waals surface area contributed by atoms with E-state index in [9.17, 15) is 18.0 Å². The molecular formula is C23H22F3N3O2. The van der Waals surface area contributed by atoms with Crippen molar-refractivity contribution < 1.29 is 23.1 Å². The fourth-order valence-electron chi connectivity index (χ4n) is 4.19. The van der Waals surface area contributed by atoms with Gasteiger partial charge in [0.05, 0.1) is 11.9 Å². The van der Waals surface area contributed by atoms with Crippen LogP contribution in [0.2, 0.25) is 0 Å². The molecule has 1 aliphatic carbocycles. The average molecular weight is 429 g/mol. The van der Waals surface area contributed by atoms with E-state index >= 15 is 0 Å². The molecule has 2 aromatic heterocycles. The maximum absolute atomic E-state index is 12.7. The van der Waals surface area contributed by atoms with E-state index in [2.05, 4.69) is 27.1 Å². The molecule has 2 N–H and O–H groups in total. The molecule has 1 aromatic carbocycles. The summed E-state index contributed by atoms with van der Waals surface area (Å²) >= 11 is 0. The number of carbonyl (C=O) groups is 1. The van der Waals surface area contributed by atoms with Crippen LogP contribution in [0.15, 0.2) is 48.8 Å². The molecule has 31 heavy (non-hydrogen) atoms. The van der Waals surface area contributed by atoms with Crippen LogP contribution in [0.1, 0.15) is 49.3 Å². The minimum absolute atomic E-state index is 0.125. The number of carboxylic acid groups (broad SMARTS) is 1. The molecule has 0 atom stereocenters. The third kappa shape index (κ3) is 4.95. The first-order valence-corrected chi connectivity index (χ1v) is 10.2. The van der Waals surface area contributed by atoms with Crippen LogP contribution in [-0.4, -0.2) is 26.0 Å². The van der Waals surface area contributed by atoms with Crippen LogP contribution < -0.4 is 0 Å².